The molecular weight excluding hydrogens is 188 g/mol. The van der Waals surface area contributed by atoms with E-state index in [1.54, 1.807) is 0 Å². The highest BCUT2D eigenvalue weighted by atomic mass is 16.2. The van der Waals surface area contributed by atoms with Crippen molar-refractivity contribution in [3.63, 3.8) is 0 Å². The third kappa shape index (κ3) is 2.07. The minimum atomic E-state index is -0.626. The number of rotatable bonds is 2. The Morgan fingerprint density at radius 1 is 1.60 bits per heavy atom. The summed E-state index contributed by atoms with van der Waals surface area (Å²) in [5.41, 5.74) is 6.87. The highest BCUT2D eigenvalue weighted by Gasteiger charge is 2.45. The largest absolute Gasteiger partial charge is 0.337 e. The van der Waals surface area contributed by atoms with E-state index in [1.165, 1.54) is 5.57 Å². The molecule has 1 aliphatic carbocycles. The van der Waals surface area contributed by atoms with E-state index in [2.05, 4.69) is 13.0 Å². The van der Waals surface area contributed by atoms with Gasteiger partial charge in [-0.1, -0.05) is 11.6 Å². The molecule has 0 spiro atoms. The number of nitrogens with two attached hydrogens (primary N) is 1. The minimum absolute atomic E-state index is 0.133. The van der Waals surface area contributed by atoms with Gasteiger partial charge < -0.3 is 10.6 Å². The zero-order chi connectivity index (χ0) is 11.1. The molecule has 0 aromatic carbocycles. The SMILES string of the molecule is CC1=CCN(C(=O)C(C)(N)C2CC2)CC1. The van der Waals surface area contributed by atoms with Crippen LogP contribution in [0.2, 0.25) is 0 Å². The van der Waals surface area contributed by atoms with Crippen molar-refractivity contribution in [2.75, 3.05) is 13.1 Å². The second-order valence-corrected chi connectivity index (χ2v) is 5.11. The third-order valence-corrected chi connectivity index (χ3v) is 3.61. The van der Waals surface area contributed by atoms with Crippen LogP contribution in [-0.4, -0.2) is 29.4 Å². The van der Waals surface area contributed by atoms with Crippen molar-refractivity contribution >= 4 is 5.91 Å². The summed E-state index contributed by atoms with van der Waals surface area (Å²) < 4.78 is 0. The molecule has 1 heterocycles. The van der Waals surface area contributed by atoms with E-state index in [0.29, 0.717) is 5.92 Å². The summed E-state index contributed by atoms with van der Waals surface area (Å²) in [7, 11) is 0. The van der Waals surface area contributed by atoms with Gasteiger partial charge >= 0.3 is 0 Å². The smallest absolute Gasteiger partial charge is 0.242 e. The lowest BCUT2D eigenvalue weighted by Gasteiger charge is -2.33. The van der Waals surface area contributed by atoms with Crippen molar-refractivity contribution in [2.24, 2.45) is 11.7 Å². The van der Waals surface area contributed by atoms with Crippen LogP contribution in [0.3, 0.4) is 0 Å². The zero-order valence-electron chi connectivity index (χ0n) is 9.62. The molecule has 0 bridgehead atoms. The molecule has 2 N–H and O–H groups in total. The van der Waals surface area contributed by atoms with E-state index >= 15 is 0 Å². The van der Waals surface area contributed by atoms with E-state index in [1.807, 2.05) is 11.8 Å². The van der Waals surface area contributed by atoms with Crippen molar-refractivity contribution in [1.82, 2.24) is 4.90 Å². The van der Waals surface area contributed by atoms with Crippen LogP contribution in [0.4, 0.5) is 0 Å². The van der Waals surface area contributed by atoms with Crippen LogP contribution in [0.5, 0.6) is 0 Å². The summed E-state index contributed by atoms with van der Waals surface area (Å²) in [5, 5.41) is 0. The molecule has 15 heavy (non-hydrogen) atoms. The summed E-state index contributed by atoms with van der Waals surface area (Å²) in [6.45, 7) is 5.58. The first-order valence-electron chi connectivity index (χ1n) is 5.75. The van der Waals surface area contributed by atoms with Crippen molar-refractivity contribution in [1.29, 1.82) is 0 Å². The van der Waals surface area contributed by atoms with Crippen LogP contribution in [-0.2, 0) is 4.79 Å². The van der Waals surface area contributed by atoms with Gasteiger partial charge in [0.15, 0.2) is 0 Å². The summed E-state index contributed by atoms with van der Waals surface area (Å²) in [4.78, 5) is 14.1. The fourth-order valence-electron chi connectivity index (χ4n) is 2.15. The van der Waals surface area contributed by atoms with Gasteiger partial charge in [-0.05, 0) is 39.0 Å². The monoisotopic (exact) mass is 208 g/mol. The fourth-order valence-corrected chi connectivity index (χ4v) is 2.15. The van der Waals surface area contributed by atoms with E-state index in [0.717, 1.165) is 32.4 Å². The first kappa shape index (κ1) is 10.7. The molecule has 1 saturated carbocycles. The summed E-state index contributed by atoms with van der Waals surface area (Å²) in [6.07, 6.45) is 5.35. The quantitative estimate of drug-likeness (QED) is 0.695. The summed E-state index contributed by atoms with van der Waals surface area (Å²) >= 11 is 0. The van der Waals surface area contributed by atoms with Gasteiger partial charge in [0.1, 0.15) is 0 Å². The Labute approximate surface area is 91.3 Å². The van der Waals surface area contributed by atoms with Crippen LogP contribution in [0.1, 0.15) is 33.1 Å². The van der Waals surface area contributed by atoms with Gasteiger partial charge in [0, 0.05) is 13.1 Å². The molecular formula is C12H20N2O. The van der Waals surface area contributed by atoms with Crippen LogP contribution in [0.15, 0.2) is 11.6 Å². The molecule has 3 heteroatoms. The Balaban J connectivity index is 2.02. The Hall–Kier alpha value is -0.830. The van der Waals surface area contributed by atoms with Gasteiger partial charge in [0.05, 0.1) is 5.54 Å². The van der Waals surface area contributed by atoms with Crippen LogP contribution in [0, 0.1) is 5.92 Å². The molecule has 0 radical (unpaired) electrons. The maximum absolute atomic E-state index is 12.2. The molecule has 3 nitrogen and oxygen atoms in total. The fraction of sp³-hybridized carbons (Fsp3) is 0.750. The second kappa shape index (κ2) is 3.63. The highest BCUT2D eigenvalue weighted by Crippen LogP contribution is 2.39. The molecule has 1 unspecified atom stereocenters. The van der Waals surface area contributed by atoms with E-state index < -0.39 is 5.54 Å². The number of hydrogen-bond donors (Lipinski definition) is 1. The average molecular weight is 208 g/mol. The normalized spacial score (nSPS) is 25.8. The highest BCUT2D eigenvalue weighted by molar-refractivity contribution is 5.86. The Bertz CT molecular complexity index is 303. The Kier molecular flexibility index (Phi) is 2.59. The molecule has 0 aromatic heterocycles. The van der Waals surface area contributed by atoms with Gasteiger partial charge in [-0.2, -0.15) is 0 Å². The van der Waals surface area contributed by atoms with E-state index in [4.69, 9.17) is 5.73 Å². The summed E-state index contributed by atoms with van der Waals surface area (Å²) in [5.74, 6) is 0.547. The maximum atomic E-state index is 12.2. The molecule has 84 valence electrons. The van der Waals surface area contributed by atoms with Gasteiger partial charge in [-0.15, -0.1) is 0 Å². The van der Waals surface area contributed by atoms with Crippen LogP contribution >= 0.6 is 0 Å². The number of amides is 1. The van der Waals surface area contributed by atoms with Crippen molar-refractivity contribution in [3.05, 3.63) is 11.6 Å². The third-order valence-electron chi connectivity index (χ3n) is 3.61. The van der Waals surface area contributed by atoms with Crippen LogP contribution < -0.4 is 5.73 Å². The van der Waals surface area contributed by atoms with Gasteiger partial charge in [-0.3, -0.25) is 4.79 Å². The predicted molar refractivity (Wildman–Crippen MR) is 60.3 cm³/mol. The molecule has 1 atom stereocenters. The Morgan fingerprint density at radius 3 is 2.73 bits per heavy atom. The second-order valence-electron chi connectivity index (χ2n) is 5.11. The van der Waals surface area contributed by atoms with Crippen molar-refractivity contribution in [3.8, 4) is 0 Å². The number of carbonyl (C=O) groups is 1. The topological polar surface area (TPSA) is 46.3 Å². The lowest BCUT2D eigenvalue weighted by Crippen LogP contribution is -2.55. The molecule has 2 rings (SSSR count). The molecule has 0 saturated heterocycles. The molecule has 1 aliphatic heterocycles. The van der Waals surface area contributed by atoms with Gasteiger partial charge in [0.2, 0.25) is 5.91 Å². The van der Waals surface area contributed by atoms with Crippen molar-refractivity contribution < 1.29 is 4.79 Å². The molecule has 0 aromatic rings. The number of carbonyl (C=O) groups excluding carboxylic acids is 1. The lowest BCUT2D eigenvalue weighted by molar-refractivity contribution is -0.136. The summed E-state index contributed by atoms with van der Waals surface area (Å²) in [6, 6.07) is 0. The van der Waals surface area contributed by atoms with Gasteiger partial charge in [0.25, 0.3) is 0 Å². The van der Waals surface area contributed by atoms with Gasteiger partial charge in [-0.25, -0.2) is 0 Å². The number of nitrogens with zero attached hydrogens (tertiary/aromatic N) is 1. The average Bonchev–Trinajstić information content (AvgIpc) is 3.01. The maximum Gasteiger partial charge on any atom is 0.242 e. The first-order chi connectivity index (χ1) is 7.01. The van der Waals surface area contributed by atoms with Crippen molar-refractivity contribution in [2.45, 2.75) is 38.6 Å². The lowest BCUT2D eigenvalue weighted by atomic mass is 9.94. The molecule has 1 fully saturated rings. The molecule has 2 aliphatic rings. The Morgan fingerprint density at radius 2 is 2.27 bits per heavy atom. The molecule has 1 amide bonds. The van der Waals surface area contributed by atoms with Crippen LogP contribution in [0.25, 0.3) is 0 Å². The zero-order valence-corrected chi connectivity index (χ0v) is 9.62. The first-order valence-corrected chi connectivity index (χ1v) is 5.75. The number of hydrogen-bond acceptors (Lipinski definition) is 2. The van der Waals surface area contributed by atoms with E-state index in [9.17, 15) is 4.79 Å². The predicted octanol–water partition coefficient (Wildman–Crippen LogP) is 1.29. The minimum Gasteiger partial charge on any atom is -0.337 e. The van der Waals surface area contributed by atoms with E-state index in [-0.39, 0.29) is 5.91 Å². The standard InChI is InChI=1S/C12H20N2O/c1-9-5-7-14(8-6-9)11(15)12(2,13)10-3-4-10/h5,10H,3-4,6-8,13H2,1-2H3.